The summed E-state index contributed by atoms with van der Waals surface area (Å²) < 4.78 is 42.8. The molecule has 3 atom stereocenters. The lowest BCUT2D eigenvalue weighted by molar-refractivity contribution is 0.0171. The van der Waals surface area contributed by atoms with Gasteiger partial charge in [-0.3, -0.25) is 4.79 Å². The molecule has 6 N–H and O–H groups in total. The average molecular weight is 433 g/mol. The second-order valence-corrected chi connectivity index (χ2v) is 7.79. The SMILES string of the molecule is NC(=O)N[C@@](c1cc(NC(=O)c2cc(Cl)cs2)ccc1F)(C(F)F)[C@H]1C[C@H]1N. The van der Waals surface area contributed by atoms with E-state index in [4.69, 9.17) is 23.1 Å². The fraction of sp³-hybridized carbons (Fsp3) is 0.294. The molecule has 0 saturated heterocycles. The maximum Gasteiger partial charge on any atom is 0.313 e. The van der Waals surface area contributed by atoms with Gasteiger partial charge in [-0.25, -0.2) is 18.0 Å². The zero-order chi connectivity index (χ0) is 20.6. The number of rotatable bonds is 6. The molecule has 1 aliphatic rings. The van der Waals surface area contributed by atoms with Crippen LogP contribution in [0.2, 0.25) is 5.02 Å². The monoisotopic (exact) mass is 432 g/mol. The smallest absolute Gasteiger partial charge is 0.313 e. The molecule has 150 valence electrons. The number of primary amides is 1. The summed E-state index contributed by atoms with van der Waals surface area (Å²) in [5.41, 5.74) is 7.97. The molecule has 3 amide bonds. The number of hydrogen-bond donors (Lipinski definition) is 4. The first-order valence-electron chi connectivity index (χ1n) is 8.12. The molecule has 6 nitrogen and oxygen atoms in total. The third-order valence-electron chi connectivity index (χ3n) is 4.56. The second kappa shape index (κ2) is 7.61. The number of nitrogens with two attached hydrogens (primary N) is 2. The topological polar surface area (TPSA) is 110 Å². The number of carbonyl (C=O) groups is 2. The lowest BCUT2D eigenvalue weighted by Crippen LogP contribution is -2.56. The largest absolute Gasteiger partial charge is 0.352 e. The summed E-state index contributed by atoms with van der Waals surface area (Å²) in [5.74, 6) is -2.43. The third kappa shape index (κ3) is 3.80. The van der Waals surface area contributed by atoms with Crippen molar-refractivity contribution in [3.05, 3.63) is 50.9 Å². The van der Waals surface area contributed by atoms with E-state index in [1.165, 1.54) is 12.1 Å². The number of carbonyl (C=O) groups excluding carboxylic acids is 2. The van der Waals surface area contributed by atoms with E-state index < -0.39 is 47.2 Å². The Morgan fingerprint density at radius 3 is 2.50 bits per heavy atom. The quantitative estimate of drug-likeness (QED) is 0.562. The summed E-state index contributed by atoms with van der Waals surface area (Å²) >= 11 is 6.88. The van der Waals surface area contributed by atoms with E-state index >= 15 is 0 Å². The number of amides is 3. The van der Waals surface area contributed by atoms with Gasteiger partial charge < -0.3 is 22.1 Å². The minimum absolute atomic E-state index is 0.0661. The lowest BCUT2D eigenvalue weighted by Gasteiger charge is -2.35. The normalized spacial score (nSPS) is 20.5. The summed E-state index contributed by atoms with van der Waals surface area (Å²) in [6, 6.07) is 2.76. The van der Waals surface area contributed by atoms with Crippen molar-refractivity contribution >= 4 is 40.6 Å². The van der Waals surface area contributed by atoms with Gasteiger partial charge in [-0.2, -0.15) is 0 Å². The van der Waals surface area contributed by atoms with Crippen LogP contribution in [0, 0.1) is 11.7 Å². The molecule has 1 heterocycles. The number of halogens is 4. The van der Waals surface area contributed by atoms with Crippen molar-refractivity contribution in [2.45, 2.75) is 24.4 Å². The maximum absolute atomic E-state index is 14.6. The molecule has 1 aromatic heterocycles. The van der Waals surface area contributed by atoms with Crippen LogP contribution in [0.15, 0.2) is 29.6 Å². The molecule has 2 aromatic rings. The molecule has 1 fully saturated rings. The van der Waals surface area contributed by atoms with E-state index in [1.807, 2.05) is 5.32 Å². The molecule has 11 heteroatoms. The van der Waals surface area contributed by atoms with Crippen LogP contribution in [0.25, 0.3) is 0 Å². The zero-order valence-electron chi connectivity index (χ0n) is 14.2. The second-order valence-electron chi connectivity index (χ2n) is 6.44. The molecule has 1 aromatic carbocycles. The number of thiophene rings is 1. The van der Waals surface area contributed by atoms with Gasteiger partial charge in [-0.15, -0.1) is 11.3 Å². The van der Waals surface area contributed by atoms with E-state index in [-0.39, 0.29) is 17.0 Å². The number of hydrogen-bond acceptors (Lipinski definition) is 4. The van der Waals surface area contributed by atoms with Crippen LogP contribution in [0.5, 0.6) is 0 Å². The first kappa shape index (κ1) is 20.4. The highest BCUT2D eigenvalue weighted by molar-refractivity contribution is 7.12. The number of urea groups is 1. The van der Waals surface area contributed by atoms with Crippen LogP contribution in [-0.2, 0) is 5.54 Å². The van der Waals surface area contributed by atoms with Crippen LogP contribution >= 0.6 is 22.9 Å². The van der Waals surface area contributed by atoms with Gasteiger partial charge in [0.2, 0.25) is 0 Å². The molecular weight excluding hydrogens is 417 g/mol. The first-order valence-corrected chi connectivity index (χ1v) is 9.37. The molecular formula is C17H16ClF3N4O2S. The van der Waals surface area contributed by atoms with E-state index in [2.05, 4.69) is 5.32 Å². The highest BCUT2D eigenvalue weighted by atomic mass is 35.5. The minimum Gasteiger partial charge on any atom is -0.352 e. The van der Waals surface area contributed by atoms with Crippen molar-refractivity contribution in [1.82, 2.24) is 5.32 Å². The van der Waals surface area contributed by atoms with Crippen LogP contribution in [-0.4, -0.2) is 24.4 Å². The average Bonchev–Trinajstić information content (AvgIpc) is 3.18. The predicted octanol–water partition coefficient (Wildman–Crippen LogP) is 3.27. The Labute approximate surface area is 167 Å². The van der Waals surface area contributed by atoms with E-state index in [9.17, 15) is 22.8 Å². The van der Waals surface area contributed by atoms with Crippen molar-refractivity contribution in [1.29, 1.82) is 0 Å². The fourth-order valence-corrected chi connectivity index (χ4v) is 4.15. The summed E-state index contributed by atoms with van der Waals surface area (Å²) in [6.07, 6.45) is -3.02. The molecule has 0 spiro atoms. The summed E-state index contributed by atoms with van der Waals surface area (Å²) in [5, 5.41) is 6.43. The lowest BCUT2D eigenvalue weighted by atomic mass is 9.84. The fourth-order valence-electron chi connectivity index (χ4n) is 3.18. The molecule has 28 heavy (non-hydrogen) atoms. The first-order chi connectivity index (χ1) is 13.1. The Morgan fingerprint density at radius 1 is 1.32 bits per heavy atom. The van der Waals surface area contributed by atoms with E-state index in [1.54, 1.807) is 5.38 Å². The van der Waals surface area contributed by atoms with E-state index in [0.29, 0.717) is 5.02 Å². The Balaban J connectivity index is 2.00. The minimum atomic E-state index is -3.19. The Morgan fingerprint density at radius 2 is 2.00 bits per heavy atom. The highest BCUT2D eigenvalue weighted by Gasteiger charge is 2.59. The van der Waals surface area contributed by atoms with Crippen molar-refractivity contribution in [3.63, 3.8) is 0 Å². The van der Waals surface area contributed by atoms with Gasteiger partial charge in [0, 0.05) is 28.6 Å². The number of nitrogens with one attached hydrogen (secondary N) is 2. The van der Waals surface area contributed by atoms with Crippen molar-refractivity contribution in [2.75, 3.05) is 5.32 Å². The Bertz CT molecular complexity index is 926. The van der Waals surface area contributed by atoms with Crippen LogP contribution in [0.1, 0.15) is 21.7 Å². The van der Waals surface area contributed by atoms with Gasteiger partial charge in [0.25, 0.3) is 12.3 Å². The number of benzene rings is 1. The van der Waals surface area contributed by atoms with Gasteiger partial charge in [0.1, 0.15) is 11.4 Å². The van der Waals surface area contributed by atoms with Crippen LogP contribution in [0.4, 0.5) is 23.7 Å². The van der Waals surface area contributed by atoms with Crippen LogP contribution < -0.4 is 22.1 Å². The molecule has 3 rings (SSSR count). The Kier molecular flexibility index (Phi) is 5.55. The van der Waals surface area contributed by atoms with Crippen molar-refractivity contribution in [3.8, 4) is 0 Å². The Hall–Kier alpha value is -2.30. The van der Waals surface area contributed by atoms with Crippen molar-refractivity contribution in [2.24, 2.45) is 17.4 Å². The third-order valence-corrected chi connectivity index (χ3v) is 5.84. The van der Waals surface area contributed by atoms with Gasteiger partial charge >= 0.3 is 6.03 Å². The van der Waals surface area contributed by atoms with Gasteiger partial charge in [0.05, 0.1) is 9.90 Å². The summed E-state index contributed by atoms with van der Waals surface area (Å²) in [4.78, 5) is 24.0. The summed E-state index contributed by atoms with van der Waals surface area (Å²) in [7, 11) is 0. The number of alkyl halides is 2. The highest BCUT2D eigenvalue weighted by Crippen LogP contribution is 2.49. The van der Waals surface area contributed by atoms with Gasteiger partial charge in [-0.1, -0.05) is 11.6 Å². The van der Waals surface area contributed by atoms with Crippen molar-refractivity contribution < 1.29 is 22.8 Å². The predicted molar refractivity (Wildman–Crippen MR) is 100 cm³/mol. The van der Waals surface area contributed by atoms with Gasteiger partial charge in [0.15, 0.2) is 0 Å². The molecule has 0 unspecified atom stereocenters. The van der Waals surface area contributed by atoms with Gasteiger partial charge in [-0.05, 0) is 30.7 Å². The molecule has 0 radical (unpaired) electrons. The summed E-state index contributed by atoms with van der Waals surface area (Å²) in [6.45, 7) is 0. The molecule has 0 bridgehead atoms. The van der Waals surface area contributed by atoms with Crippen LogP contribution in [0.3, 0.4) is 0 Å². The molecule has 1 saturated carbocycles. The molecule has 0 aliphatic heterocycles. The standard InChI is InChI=1S/C17H16ClF3N4O2S/c18-7-3-13(28-6-7)14(26)24-8-1-2-11(19)9(4-8)17(15(20)21,25-16(23)27)10-5-12(10)22/h1-4,6,10,12,15H,5,22H2,(H,24,26)(H3,23,25,27)/t10-,12+,17+/m0/s1. The maximum atomic E-state index is 14.6. The number of anilines is 1. The zero-order valence-corrected chi connectivity index (χ0v) is 15.8. The molecule has 1 aliphatic carbocycles. The van der Waals surface area contributed by atoms with E-state index in [0.717, 1.165) is 23.5 Å².